The molecule has 2 fully saturated rings. The minimum atomic E-state index is -0.397. The van der Waals surface area contributed by atoms with E-state index < -0.39 is 6.04 Å². The molecule has 0 aromatic heterocycles. The molecule has 3 amide bonds. The predicted molar refractivity (Wildman–Crippen MR) is 115 cm³/mol. The normalized spacial score (nSPS) is 20.6. The van der Waals surface area contributed by atoms with Crippen molar-refractivity contribution < 1.29 is 14.4 Å². The van der Waals surface area contributed by atoms with Gasteiger partial charge in [0, 0.05) is 45.3 Å². The van der Waals surface area contributed by atoms with Crippen LogP contribution in [0, 0.1) is 0 Å². The highest BCUT2D eigenvalue weighted by Gasteiger charge is 2.43. The summed E-state index contributed by atoms with van der Waals surface area (Å²) >= 11 is 0. The van der Waals surface area contributed by atoms with Gasteiger partial charge in [0.15, 0.2) is 0 Å². The number of hydrogen-bond acceptors (Lipinski definition) is 5. The molecule has 0 radical (unpaired) electrons. The van der Waals surface area contributed by atoms with Gasteiger partial charge in [0.25, 0.3) is 5.91 Å². The van der Waals surface area contributed by atoms with E-state index in [1.54, 1.807) is 24.3 Å². The molecule has 7 nitrogen and oxygen atoms in total. The van der Waals surface area contributed by atoms with E-state index in [9.17, 15) is 14.4 Å². The van der Waals surface area contributed by atoms with E-state index in [0.717, 1.165) is 32.7 Å². The Morgan fingerprint density at radius 3 is 2.27 bits per heavy atom. The van der Waals surface area contributed by atoms with Crippen LogP contribution in [0.3, 0.4) is 0 Å². The molecule has 2 aliphatic heterocycles. The lowest BCUT2D eigenvalue weighted by Crippen LogP contribution is -2.52. The Bertz CT molecular complexity index is 921. The van der Waals surface area contributed by atoms with Crippen LogP contribution >= 0.6 is 0 Å². The summed E-state index contributed by atoms with van der Waals surface area (Å²) in [5, 5.41) is 2.69. The number of anilines is 2. The van der Waals surface area contributed by atoms with Crippen molar-refractivity contribution in [3.8, 4) is 0 Å². The summed E-state index contributed by atoms with van der Waals surface area (Å²) in [6, 6.07) is 16.8. The van der Waals surface area contributed by atoms with E-state index in [-0.39, 0.29) is 24.1 Å². The van der Waals surface area contributed by atoms with Crippen LogP contribution in [0.2, 0.25) is 0 Å². The molecule has 0 aliphatic carbocycles. The molecule has 7 heteroatoms. The molecule has 0 spiro atoms. The summed E-state index contributed by atoms with van der Waals surface area (Å²) in [5.41, 5.74) is 2.47. The number of rotatable bonds is 5. The Labute approximate surface area is 176 Å². The Morgan fingerprint density at radius 1 is 0.967 bits per heavy atom. The molecule has 2 aromatic rings. The van der Waals surface area contributed by atoms with Crippen LogP contribution in [0.25, 0.3) is 0 Å². The SMILES string of the molecule is CC(=O)Nc1ccc(N2C(=O)CC(N3CCN(Cc4ccccc4)CC3)C2=O)cc1. The predicted octanol–water partition coefficient (Wildman–Crippen LogP) is 2.09. The second kappa shape index (κ2) is 8.77. The van der Waals surface area contributed by atoms with Crippen molar-refractivity contribution in [1.29, 1.82) is 0 Å². The molecule has 30 heavy (non-hydrogen) atoms. The number of carbonyl (C=O) groups excluding carboxylic acids is 3. The molecule has 4 rings (SSSR count). The van der Waals surface area contributed by atoms with E-state index in [4.69, 9.17) is 0 Å². The van der Waals surface area contributed by atoms with Gasteiger partial charge in [0.1, 0.15) is 0 Å². The highest BCUT2D eigenvalue weighted by atomic mass is 16.2. The Balaban J connectivity index is 1.37. The van der Waals surface area contributed by atoms with Gasteiger partial charge in [-0.05, 0) is 29.8 Å². The zero-order valence-corrected chi connectivity index (χ0v) is 17.1. The van der Waals surface area contributed by atoms with E-state index in [0.29, 0.717) is 11.4 Å². The minimum Gasteiger partial charge on any atom is -0.326 e. The number of imide groups is 1. The third-order valence-corrected chi connectivity index (χ3v) is 5.67. The smallest absolute Gasteiger partial charge is 0.251 e. The van der Waals surface area contributed by atoms with Crippen molar-refractivity contribution >= 4 is 29.1 Å². The lowest BCUT2D eigenvalue weighted by Gasteiger charge is -2.37. The largest absolute Gasteiger partial charge is 0.326 e. The van der Waals surface area contributed by atoms with Crippen LogP contribution in [-0.2, 0) is 20.9 Å². The van der Waals surface area contributed by atoms with E-state index in [1.807, 2.05) is 18.2 Å². The average Bonchev–Trinajstić information content (AvgIpc) is 3.04. The van der Waals surface area contributed by atoms with Crippen LogP contribution in [0.4, 0.5) is 11.4 Å². The third kappa shape index (κ3) is 4.42. The Morgan fingerprint density at radius 2 is 1.63 bits per heavy atom. The maximum absolute atomic E-state index is 13.0. The van der Waals surface area contributed by atoms with E-state index >= 15 is 0 Å². The molecular formula is C23H26N4O3. The first kappa shape index (κ1) is 20.3. The summed E-state index contributed by atoms with van der Waals surface area (Å²) in [5.74, 6) is -0.504. The fraction of sp³-hybridized carbons (Fsp3) is 0.348. The van der Waals surface area contributed by atoms with E-state index in [1.165, 1.54) is 17.4 Å². The number of nitrogens with zero attached hydrogens (tertiary/aromatic N) is 3. The average molecular weight is 406 g/mol. The Hall–Kier alpha value is -3.03. The summed E-state index contributed by atoms with van der Waals surface area (Å²) in [7, 11) is 0. The van der Waals surface area contributed by atoms with Crippen molar-refractivity contribution in [2.24, 2.45) is 0 Å². The number of nitrogens with one attached hydrogen (secondary N) is 1. The van der Waals surface area contributed by atoms with Crippen molar-refractivity contribution in [3.05, 3.63) is 60.2 Å². The second-order valence-corrected chi connectivity index (χ2v) is 7.81. The number of piperazine rings is 1. The van der Waals surface area contributed by atoms with Crippen LogP contribution < -0.4 is 10.2 Å². The van der Waals surface area contributed by atoms with Gasteiger partial charge in [-0.1, -0.05) is 30.3 Å². The van der Waals surface area contributed by atoms with Gasteiger partial charge >= 0.3 is 0 Å². The van der Waals surface area contributed by atoms with Gasteiger partial charge in [-0.2, -0.15) is 0 Å². The van der Waals surface area contributed by atoms with Crippen LogP contribution in [0.15, 0.2) is 54.6 Å². The summed E-state index contributed by atoms with van der Waals surface area (Å²) in [6.07, 6.45) is 0.213. The number of hydrogen-bond donors (Lipinski definition) is 1. The third-order valence-electron chi connectivity index (χ3n) is 5.67. The molecule has 2 heterocycles. The molecule has 2 aromatic carbocycles. The monoisotopic (exact) mass is 406 g/mol. The molecule has 156 valence electrons. The first-order valence-electron chi connectivity index (χ1n) is 10.3. The molecule has 2 aliphatic rings. The second-order valence-electron chi connectivity index (χ2n) is 7.81. The van der Waals surface area contributed by atoms with Crippen LogP contribution in [-0.4, -0.2) is 59.7 Å². The maximum Gasteiger partial charge on any atom is 0.251 e. The standard InChI is InChI=1S/C23H26N4O3/c1-17(28)24-19-7-9-20(10-8-19)27-22(29)15-21(23(27)30)26-13-11-25(12-14-26)16-18-5-3-2-4-6-18/h2-10,21H,11-16H2,1H3,(H,24,28). The number of amides is 3. The molecule has 1 N–H and O–H groups in total. The van der Waals surface area contributed by atoms with Gasteiger partial charge in [-0.25, -0.2) is 4.90 Å². The van der Waals surface area contributed by atoms with Gasteiger partial charge in [0.2, 0.25) is 11.8 Å². The number of benzene rings is 2. The van der Waals surface area contributed by atoms with E-state index in [2.05, 4.69) is 27.2 Å². The summed E-state index contributed by atoms with van der Waals surface area (Å²) < 4.78 is 0. The molecular weight excluding hydrogens is 380 g/mol. The van der Waals surface area contributed by atoms with Crippen molar-refractivity contribution in [1.82, 2.24) is 9.80 Å². The summed E-state index contributed by atoms with van der Waals surface area (Å²) in [4.78, 5) is 42.6. The first-order chi connectivity index (χ1) is 14.5. The first-order valence-corrected chi connectivity index (χ1v) is 10.3. The van der Waals surface area contributed by atoms with Gasteiger partial charge in [-0.15, -0.1) is 0 Å². The molecule has 1 atom stereocenters. The number of carbonyl (C=O) groups is 3. The molecule has 2 saturated heterocycles. The quantitative estimate of drug-likeness (QED) is 0.770. The van der Waals surface area contributed by atoms with Gasteiger partial charge in [-0.3, -0.25) is 24.2 Å². The highest BCUT2D eigenvalue weighted by molar-refractivity contribution is 6.22. The van der Waals surface area contributed by atoms with Crippen molar-refractivity contribution in [2.45, 2.75) is 25.9 Å². The molecule has 0 saturated carbocycles. The fourth-order valence-electron chi connectivity index (χ4n) is 4.14. The lowest BCUT2D eigenvalue weighted by molar-refractivity contribution is -0.123. The topological polar surface area (TPSA) is 73.0 Å². The molecule has 1 unspecified atom stereocenters. The van der Waals surface area contributed by atoms with Crippen molar-refractivity contribution in [3.63, 3.8) is 0 Å². The molecule has 0 bridgehead atoms. The Kier molecular flexibility index (Phi) is 5.92. The van der Waals surface area contributed by atoms with Crippen LogP contribution in [0.1, 0.15) is 18.9 Å². The summed E-state index contributed by atoms with van der Waals surface area (Å²) in [6.45, 7) is 5.62. The van der Waals surface area contributed by atoms with Gasteiger partial charge in [0.05, 0.1) is 18.2 Å². The van der Waals surface area contributed by atoms with Gasteiger partial charge < -0.3 is 5.32 Å². The zero-order chi connectivity index (χ0) is 21.1. The minimum absolute atomic E-state index is 0.163. The fourth-order valence-corrected chi connectivity index (χ4v) is 4.14. The lowest BCUT2D eigenvalue weighted by atomic mass is 10.1. The maximum atomic E-state index is 13.0. The highest BCUT2D eigenvalue weighted by Crippen LogP contribution is 2.27. The zero-order valence-electron chi connectivity index (χ0n) is 17.1. The van der Waals surface area contributed by atoms with Crippen LogP contribution in [0.5, 0.6) is 0 Å². The van der Waals surface area contributed by atoms with Crippen molar-refractivity contribution in [2.75, 3.05) is 36.4 Å².